The third-order valence-electron chi connectivity index (χ3n) is 8.04. The van der Waals surface area contributed by atoms with Gasteiger partial charge in [-0.25, -0.2) is 27.6 Å². The number of nitrogens with one attached hydrogen (secondary N) is 2. The summed E-state index contributed by atoms with van der Waals surface area (Å²) < 4.78 is 62.6. The first-order valence-electron chi connectivity index (χ1n) is 19.1. The number of halogens is 4. The van der Waals surface area contributed by atoms with Crippen molar-refractivity contribution in [2.75, 3.05) is 29.6 Å². The van der Waals surface area contributed by atoms with E-state index in [0.717, 1.165) is 50.0 Å². The minimum absolute atomic E-state index is 0.0345. The van der Waals surface area contributed by atoms with Crippen molar-refractivity contribution < 1.29 is 32.1 Å². The number of benzene rings is 4. The lowest BCUT2D eigenvalue weighted by Gasteiger charge is -2.10. The summed E-state index contributed by atoms with van der Waals surface area (Å²) in [5, 5.41) is 2.67. The number of H-pyrrole nitrogens is 1. The molecule has 64 heavy (non-hydrogen) atoms. The maximum Gasteiger partial charge on any atom is 0.351 e. The fourth-order valence-electron chi connectivity index (χ4n) is 4.91. The van der Waals surface area contributed by atoms with Crippen molar-refractivity contribution >= 4 is 29.1 Å². The van der Waals surface area contributed by atoms with Crippen LogP contribution in [0.25, 0.3) is 0 Å². The molecule has 20 heteroatoms. The van der Waals surface area contributed by atoms with E-state index in [1.54, 1.807) is 0 Å². The van der Waals surface area contributed by atoms with Gasteiger partial charge in [0.1, 0.15) is 32.1 Å². The van der Waals surface area contributed by atoms with Crippen molar-refractivity contribution in [1.29, 1.82) is 0 Å². The predicted octanol–water partition coefficient (Wildman–Crippen LogP) is 6.17. The zero-order valence-electron chi connectivity index (χ0n) is 34.2. The van der Waals surface area contributed by atoms with Gasteiger partial charge in [-0.3, -0.25) is 14.1 Å². The Bertz CT molecular complexity index is 2600. The molecule has 0 aliphatic carbocycles. The molecule has 4 aromatic carbocycles. The number of nitrogens with two attached hydrogens (primary N) is 2. The number of aromatic amines is 1. The molecule has 0 saturated carbocycles. The van der Waals surface area contributed by atoms with Gasteiger partial charge in [0.15, 0.2) is 29.1 Å². The molecule has 0 aliphatic heterocycles. The van der Waals surface area contributed by atoms with E-state index in [2.05, 4.69) is 20.3 Å². The first kappa shape index (κ1) is 49.5. The highest BCUT2D eigenvalue weighted by atomic mass is 35.5. The molecule has 0 spiro atoms. The zero-order chi connectivity index (χ0) is 45.9. The molecule has 7 aromatic rings. The minimum Gasteiger partial charge on any atom is -0.383 e. The summed E-state index contributed by atoms with van der Waals surface area (Å²) in [6.07, 6.45) is 2.82. The Morgan fingerprint density at radius 3 is 1.44 bits per heavy atom. The quantitative estimate of drug-likeness (QED) is 0.0485. The van der Waals surface area contributed by atoms with Crippen molar-refractivity contribution in [3.8, 4) is 0 Å². The largest absolute Gasteiger partial charge is 0.383 e. The molecule has 336 valence electrons. The van der Waals surface area contributed by atoms with E-state index < -0.39 is 40.3 Å². The molecular weight excluding hydrogens is 859 g/mol. The first-order valence-corrected chi connectivity index (χ1v) is 19.6. The van der Waals surface area contributed by atoms with E-state index in [1.807, 2.05) is 126 Å². The Labute approximate surface area is 369 Å². The second kappa shape index (κ2) is 27.7. The molecule has 0 amide bonds. The lowest BCUT2D eigenvalue weighted by Crippen LogP contribution is -2.26. The normalized spacial score (nSPS) is 10.3. The molecule has 6 N–H and O–H groups in total. The molecule has 3 heterocycles. The number of alkyl halides is 1. The average Bonchev–Trinajstić information content (AvgIpc) is 3.31. The molecule has 3 aromatic heterocycles. The first-order chi connectivity index (χ1) is 31.0. The monoisotopic (exact) mass is 903 g/mol. The van der Waals surface area contributed by atoms with Crippen LogP contribution in [0, 0.1) is 17.5 Å². The molecule has 0 radical (unpaired) electrons. The molecule has 16 nitrogen and oxygen atoms in total. The average molecular weight is 904 g/mol. The van der Waals surface area contributed by atoms with E-state index in [1.165, 1.54) is 0 Å². The summed E-state index contributed by atoms with van der Waals surface area (Å²) >= 11 is 5.33. The Hall–Kier alpha value is -7.16. The van der Waals surface area contributed by atoms with Crippen molar-refractivity contribution in [3.05, 3.63) is 211 Å². The second-order valence-electron chi connectivity index (χ2n) is 12.9. The van der Waals surface area contributed by atoms with E-state index >= 15 is 0 Å². The summed E-state index contributed by atoms with van der Waals surface area (Å²) in [6, 6.07) is 38.8. The topological polar surface area (TPSA) is 217 Å². The minimum atomic E-state index is -0.738. The molecule has 0 bridgehead atoms. The summed E-state index contributed by atoms with van der Waals surface area (Å²) in [5.41, 5.74) is 12.3. The lowest BCUT2D eigenvalue weighted by atomic mass is 10.2. The van der Waals surface area contributed by atoms with Crippen LogP contribution in [0.15, 0.2) is 154 Å². The number of anilines is 3. The van der Waals surface area contributed by atoms with Gasteiger partial charge in [-0.05, 0) is 22.3 Å². The Balaban J connectivity index is 0.000000207. The van der Waals surface area contributed by atoms with Gasteiger partial charge in [0.25, 0.3) is 0 Å². The number of hydrogen-bond acceptors (Lipinski definition) is 13. The number of nitrogen functional groups attached to an aromatic ring is 2. The highest BCUT2D eigenvalue weighted by Crippen LogP contribution is 2.09. The number of hydrogen-bond donors (Lipinski definition) is 4. The van der Waals surface area contributed by atoms with Gasteiger partial charge < -0.3 is 35.7 Å². The van der Waals surface area contributed by atoms with Crippen LogP contribution in [-0.4, -0.2) is 41.9 Å². The van der Waals surface area contributed by atoms with E-state index in [0.29, 0.717) is 26.4 Å². The molecular formula is C44H45ClF3N9O7. The second-order valence-corrected chi connectivity index (χ2v) is 13.1. The highest BCUT2D eigenvalue weighted by molar-refractivity contribution is 6.17. The standard InChI is InChI=1S/C20H20FN3O3.C12H12FN3O2.C8H9ClO.C4H4FN3O/c21-18-11-24(15-27-13-17-9-5-2-6-10-17)20(25)23-19(18)22-14-26-12-16-7-3-1-4-8-16;13-10-6-16(12(17)15-11(10)14)8-18-7-9-4-2-1-3-5-9;9-7-10-6-8-4-2-1-3-5-8;5-2-1-7-4(9)8-3(2)6/h1-11H,12-15H2,(H,22,23,25);1-6H,7-8H2,(H2,14,15,17);1-5H,6-7H2;1H,(H3,6,7,8,9). The smallest absolute Gasteiger partial charge is 0.351 e. The third-order valence-corrected chi connectivity index (χ3v) is 8.20. The Morgan fingerprint density at radius 1 is 0.578 bits per heavy atom. The summed E-state index contributed by atoms with van der Waals surface area (Å²) in [6.45, 7) is 1.51. The van der Waals surface area contributed by atoms with Crippen molar-refractivity contribution in [3.63, 3.8) is 0 Å². The van der Waals surface area contributed by atoms with E-state index in [-0.39, 0.29) is 37.9 Å². The van der Waals surface area contributed by atoms with Gasteiger partial charge in [-0.2, -0.15) is 15.0 Å². The molecule has 0 fully saturated rings. The SMILES string of the molecule is ClCOCc1ccccc1.Nc1[nH]c(=O)ncc1F.Nc1nc(=O)n(COCc2ccccc2)cc1F.O=c1nc(NCOCc2ccccc2)c(F)cn1COCc1ccccc1. The maximum absolute atomic E-state index is 14.1. The van der Waals surface area contributed by atoms with E-state index in [4.69, 9.17) is 42.0 Å². The number of aromatic nitrogens is 6. The molecule has 0 saturated heterocycles. The van der Waals surface area contributed by atoms with Crippen LogP contribution in [0.1, 0.15) is 22.3 Å². The van der Waals surface area contributed by atoms with E-state index in [9.17, 15) is 27.6 Å². The van der Waals surface area contributed by atoms with Crippen LogP contribution < -0.4 is 33.9 Å². The summed E-state index contributed by atoms with van der Waals surface area (Å²) in [5.74, 6) is -2.93. The van der Waals surface area contributed by atoms with Crippen LogP contribution in [0.5, 0.6) is 0 Å². The van der Waals surface area contributed by atoms with Gasteiger partial charge in [0.2, 0.25) is 0 Å². The summed E-state index contributed by atoms with van der Waals surface area (Å²) in [7, 11) is 0. The van der Waals surface area contributed by atoms with Gasteiger partial charge in [-0.1, -0.05) is 133 Å². The molecule has 7 rings (SSSR count). The highest BCUT2D eigenvalue weighted by Gasteiger charge is 2.09. The fourth-order valence-corrected chi connectivity index (χ4v) is 4.99. The van der Waals surface area contributed by atoms with Crippen LogP contribution >= 0.6 is 11.6 Å². The maximum atomic E-state index is 14.1. The fraction of sp³-hybridized carbons (Fsp3) is 0.182. The van der Waals surface area contributed by atoms with Crippen LogP contribution in [0.2, 0.25) is 0 Å². The van der Waals surface area contributed by atoms with Crippen molar-refractivity contribution in [2.24, 2.45) is 0 Å². The molecule has 0 atom stereocenters. The number of ether oxygens (including phenoxy) is 4. The van der Waals surface area contributed by atoms with Crippen LogP contribution in [0.3, 0.4) is 0 Å². The van der Waals surface area contributed by atoms with Gasteiger partial charge in [0, 0.05) is 0 Å². The van der Waals surface area contributed by atoms with Crippen LogP contribution in [0.4, 0.5) is 30.6 Å². The van der Waals surface area contributed by atoms with Crippen molar-refractivity contribution in [1.82, 2.24) is 29.1 Å². The van der Waals surface area contributed by atoms with Crippen molar-refractivity contribution in [2.45, 2.75) is 39.9 Å². The van der Waals surface area contributed by atoms with Gasteiger partial charge in [0.05, 0.1) is 45.0 Å². The molecule has 0 unspecified atom stereocenters. The predicted molar refractivity (Wildman–Crippen MR) is 235 cm³/mol. The lowest BCUT2D eigenvalue weighted by molar-refractivity contribution is 0.0602. The third kappa shape index (κ3) is 18.4. The Kier molecular flexibility index (Phi) is 21.4. The van der Waals surface area contributed by atoms with Gasteiger partial charge in [-0.15, -0.1) is 0 Å². The zero-order valence-corrected chi connectivity index (χ0v) is 35.0. The number of rotatable bonds is 16. The number of nitrogens with zero attached hydrogens (tertiary/aromatic N) is 5. The van der Waals surface area contributed by atoms with Gasteiger partial charge >= 0.3 is 17.1 Å². The molecule has 0 aliphatic rings. The van der Waals surface area contributed by atoms with Crippen LogP contribution in [-0.2, 0) is 58.8 Å². The summed E-state index contributed by atoms with van der Waals surface area (Å²) in [4.78, 5) is 45.7. The Morgan fingerprint density at radius 2 is 1.00 bits per heavy atom.